The molecule has 4 nitrogen and oxygen atoms in total. The number of nitrogens with zero attached hydrogens (tertiary/aromatic N) is 1. The van der Waals surface area contributed by atoms with E-state index < -0.39 is 11.6 Å². The van der Waals surface area contributed by atoms with Crippen molar-refractivity contribution in [2.45, 2.75) is 6.04 Å². The first-order valence-electron chi connectivity index (χ1n) is 7.88. The van der Waals surface area contributed by atoms with Crippen molar-refractivity contribution < 1.29 is 18.3 Å². The maximum Gasteiger partial charge on any atom is 0.261 e. The van der Waals surface area contributed by atoms with Crippen LogP contribution >= 0.6 is 24.0 Å². The van der Waals surface area contributed by atoms with Crippen LogP contribution in [0.2, 0.25) is 5.02 Å². The second-order valence-corrected chi connectivity index (χ2v) is 6.16. The van der Waals surface area contributed by atoms with Crippen molar-refractivity contribution in [3.05, 3.63) is 64.7 Å². The molecular weight excluding hydrogens is 385 g/mol. The van der Waals surface area contributed by atoms with E-state index in [1.807, 2.05) is 18.2 Å². The molecule has 8 heteroatoms. The van der Waals surface area contributed by atoms with Gasteiger partial charge in [0.05, 0.1) is 6.04 Å². The number of piperazine rings is 1. The van der Waals surface area contributed by atoms with Crippen LogP contribution in [-0.4, -0.2) is 37.0 Å². The number of ether oxygens (including phenoxy) is 1. The van der Waals surface area contributed by atoms with E-state index in [-0.39, 0.29) is 36.7 Å². The predicted molar refractivity (Wildman–Crippen MR) is 97.9 cm³/mol. The van der Waals surface area contributed by atoms with Gasteiger partial charge in [-0.15, -0.1) is 12.4 Å². The molecule has 1 aliphatic heterocycles. The molecule has 140 valence electrons. The minimum absolute atomic E-state index is 0. The summed E-state index contributed by atoms with van der Waals surface area (Å²) >= 11 is 6.04. The smallest absolute Gasteiger partial charge is 0.261 e. The Labute approximate surface area is 161 Å². The van der Waals surface area contributed by atoms with E-state index in [4.69, 9.17) is 16.3 Å². The van der Waals surface area contributed by atoms with Crippen LogP contribution in [0.5, 0.6) is 5.75 Å². The SMILES string of the molecule is Cl.O=C(COc1ccc(F)cc1F)N1CCNCC1c1cccc(Cl)c1. The Hall–Kier alpha value is -1.89. The molecule has 26 heavy (non-hydrogen) atoms. The highest BCUT2D eigenvalue weighted by molar-refractivity contribution is 6.30. The Morgan fingerprint density at radius 3 is 2.81 bits per heavy atom. The number of amides is 1. The second kappa shape index (κ2) is 9.16. The van der Waals surface area contributed by atoms with Crippen LogP contribution in [0.3, 0.4) is 0 Å². The molecule has 3 rings (SSSR count). The zero-order chi connectivity index (χ0) is 17.8. The third-order valence-electron chi connectivity index (χ3n) is 4.04. The van der Waals surface area contributed by atoms with Gasteiger partial charge in [-0.25, -0.2) is 8.78 Å². The van der Waals surface area contributed by atoms with Crippen LogP contribution in [0.15, 0.2) is 42.5 Å². The van der Waals surface area contributed by atoms with Crippen LogP contribution in [-0.2, 0) is 4.79 Å². The molecule has 1 fully saturated rings. The Balaban J connectivity index is 0.00000243. The van der Waals surface area contributed by atoms with Gasteiger partial charge in [0, 0.05) is 30.7 Å². The molecule has 1 atom stereocenters. The van der Waals surface area contributed by atoms with Gasteiger partial charge in [-0.3, -0.25) is 4.79 Å². The first-order chi connectivity index (χ1) is 12.0. The molecule has 2 aromatic carbocycles. The monoisotopic (exact) mass is 402 g/mol. The van der Waals surface area contributed by atoms with Crippen LogP contribution in [0.4, 0.5) is 8.78 Å². The van der Waals surface area contributed by atoms with Gasteiger partial charge in [-0.05, 0) is 29.8 Å². The van der Waals surface area contributed by atoms with Gasteiger partial charge in [0.15, 0.2) is 18.2 Å². The number of hydrogen-bond donors (Lipinski definition) is 1. The quantitative estimate of drug-likeness (QED) is 0.849. The summed E-state index contributed by atoms with van der Waals surface area (Å²) in [5.41, 5.74) is 0.918. The van der Waals surface area contributed by atoms with Crippen LogP contribution < -0.4 is 10.1 Å². The molecule has 2 aromatic rings. The number of carbonyl (C=O) groups is 1. The normalized spacial score (nSPS) is 16.7. The maximum absolute atomic E-state index is 13.6. The van der Waals surface area contributed by atoms with E-state index >= 15 is 0 Å². The molecule has 1 aliphatic rings. The number of hydrogen-bond acceptors (Lipinski definition) is 3. The summed E-state index contributed by atoms with van der Waals surface area (Å²) in [5, 5.41) is 3.84. The van der Waals surface area contributed by atoms with Gasteiger partial charge in [0.25, 0.3) is 5.91 Å². The van der Waals surface area contributed by atoms with Crippen molar-refractivity contribution >= 4 is 29.9 Å². The zero-order valence-electron chi connectivity index (χ0n) is 13.8. The molecule has 0 aromatic heterocycles. The molecule has 1 amide bonds. The van der Waals surface area contributed by atoms with Crippen LogP contribution in [0, 0.1) is 11.6 Å². The fourth-order valence-corrected chi connectivity index (χ4v) is 3.03. The summed E-state index contributed by atoms with van der Waals surface area (Å²) in [5.74, 6) is -1.95. The highest BCUT2D eigenvalue weighted by Crippen LogP contribution is 2.25. The fourth-order valence-electron chi connectivity index (χ4n) is 2.83. The minimum Gasteiger partial charge on any atom is -0.481 e. The van der Waals surface area contributed by atoms with E-state index in [0.717, 1.165) is 17.7 Å². The van der Waals surface area contributed by atoms with Crippen molar-refractivity contribution in [2.75, 3.05) is 26.2 Å². The highest BCUT2D eigenvalue weighted by atomic mass is 35.5. The summed E-state index contributed by atoms with van der Waals surface area (Å²) in [4.78, 5) is 14.2. The number of rotatable bonds is 4. The van der Waals surface area contributed by atoms with E-state index in [0.29, 0.717) is 24.7 Å². The molecular formula is C18H18Cl2F2N2O2. The fraction of sp³-hybridized carbons (Fsp3) is 0.278. The lowest BCUT2D eigenvalue weighted by molar-refractivity contribution is -0.136. The Kier molecular flexibility index (Phi) is 7.20. The van der Waals surface area contributed by atoms with Gasteiger partial charge >= 0.3 is 0 Å². The number of nitrogens with one attached hydrogen (secondary N) is 1. The molecule has 1 unspecified atom stereocenters. The standard InChI is InChI=1S/C18H17ClF2N2O2.ClH/c19-13-3-1-2-12(8-13)16-10-22-6-7-23(16)18(24)11-25-17-5-4-14(20)9-15(17)21;/h1-5,8-9,16,22H,6-7,10-11H2;1H. The molecule has 0 bridgehead atoms. The summed E-state index contributed by atoms with van der Waals surface area (Å²) < 4.78 is 31.8. The number of benzene rings is 2. The topological polar surface area (TPSA) is 41.6 Å². The van der Waals surface area contributed by atoms with Gasteiger partial charge < -0.3 is 15.0 Å². The third-order valence-corrected chi connectivity index (χ3v) is 4.28. The van der Waals surface area contributed by atoms with Crippen molar-refractivity contribution in [2.24, 2.45) is 0 Å². The number of carbonyl (C=O) groups excluding carboxylic acids is 1. The molecule has 0 aliphatic carbocycles. The van der Waals surface area contributed by atoms with Gasteiger partial charge in [-0.2, -0.15) is 0 Å². The predicted octanol–water partition coefficient (Wildman–Crippen LogP) is 3.59. The van der Waals surface area contributed by atoms with Crippen molar-refractivity contribution in [3.8, 4) is 5.75 Å². The zero-order valence-corrected chi connectivity index (χ0v) is 15.3. The van der Waals surface area contributed by atoms with Crippen molar-refractivity contribution in [1.29, 1.82) is 0 Å². The summed E-state index contributed by atoms with van der Waals surface area (Å²) in [7, 11) is 0. The third kappa shape index (κ3) is 4.84. The van der Waals surface area contributed by atoms with Gasteiger partial charge in [0.1, 0.15) is 5.82 Å². The van der Waals surface area contributed by atoms with E-state index in [9.17, 15) is 13.6 Å². The average molecular weight is 403 g/mol. The summed E-state index contributed by atoms with van der Waals surface area (Å²) in [6.07, 6.45) is 0. The Morgan fingerprint density at radius 2 is 2.08 bits per heavy atom. The highest BCUT2D eigenvalue weighted by Gasteiger charge is 2.28. The van der Waals surface area contributed by atoms with Crippen molar-refractivity contribution in [1.82, 2.24) is 10.2 Å². The number of halogens is 4. The molecule has 1 saturated heterocycles. The van der Waals surface area contributed by atoms with E-state index in [1.165, 1.54) is 6.07 Å². The van der Waals surface area contributed by atoms with E-state index in [2.05, 4.69) is 5.32 Å². The van der Waals surface area contributed by atoms with Crippen molar-refractivity contribution in [3.63, 3.8) is 0 Å². The van der Waals surface area contributed by atoms with Crippen LogP contribution in [0.1, 0.15) is 11.6 Å². The first-order valence-corrected chi connectivity index (χ1v) is 8.26. The van der Waals surface area contributed by atoms with Crippen LogP contribution in [0.25, 0.3) is 0 Å². The minimum atomic E-state index is -0.834. The van der Waals surface area contributed by atoms with E-state index in [1.54, 1.807) is 11.0 Å². The lowest BCUT2D eigenvalue weighted by Crippen LogP contribution is -2.50. The summed E-state index contributed by atoms with van der Waals surface area (Å²) in [6, 6.07) is 10.1. The molecule has 1 N–H and O–H groups in total. The lowest BCUT2D eigenvalue weighted by atomic mass is 10.0. The largest absolute Gasteiger partial charge is 0.481 e. The van der Waals surface area contributed by atoms with Gasteiger partial charge in [-0.1, -0.05) is 23.7 Å². The Bertz CT molecular complexity index is 777. The lowest BCUT2D eigenvalue weighted by Gasteiger charge is -2.36. The Morgan fingerprint density at radius 1 is 1.27 bits per heavy atom. The first kappa shape index (κ1) is 20.4. The summed E-state index contributed by atoms with van der Waals surface area (Å²) in [6.45, 7) is 1.44. The molecule has 0 saturated carbocycles. The van der Waals surface area contributed by atoms with Gasteiger partial charge in [0.2, 0.25) is 0 Å². The molecule has 0 spiro atoms. The molecule has 1 heterocycles. The second-order valence-electron chi connectivity index (χ2n) is 5.73. The average Bonchev–Trinajstić information content (AvgIpc) is 2.61. The maximum atomic E-state index is 13.6. The molecule has 0 radical (unpaired) electrons.